The number of β-amino-alcohol motifs (C(OH)–C–C–N with tert-alkyl or cyclic N) is 1. The van der Waals surface area contributed by atoms with Crippen molar-refractivity contribution in [2.45, 2.75) is 51.2 Å². The Hall–Kier alpha value is -5.55. The number of fused-ring (bicyclic) bond motifs is 1. The molecule has 2 atom stereocenters. The number of oxazole rings is 1. The van der Waals surface area contributed by atoms with Crippen LogP contribution in [0.1, 0.15) is 51.8 Å². The van der Waals surface area contributed by atoms with Crippen molar-refractivity contribution in [3.05, 3.63) is 105 Å². The molecule has 7 rings (SSSR count). The van der Waals surface area contributed by atoms with E-state index in [2.05, 4.69) is 11.0 Å². The normalized spacial score (nSPS) is 18.0. The minimum atomic E-state index is -4.69. The number of nitriles is 1. The first kappa shape index (κ1) is 37.8. The van der Waals surface area contributed by atoms with Crippen molar-refractivity contribution in [1.82, 2.24) is 14.8 Å². The summed E-state index contributed by atoms with van der Waals surface area (Å²) in [5.74, 6) is -0.114. The molecule has 0 spiro atoms. The van der Waals surface area contributed by atoms with Crippen LogP contribution in [0.3, 0.4) is 0 Å². The van der Waals surface area contributed by atoms with Crippen LogP contribution in [-0.4, -0.2) is 71.9 Å². The lowest BCUT2D eigenvalue weighted by Crippen LogP contribution is -2.22. The van der Waals surface area contributed by atoms with E-state index in [1.807, 2.05) is 11.0 Å². The van der Waals surface area contributed by atoms with Gasteiger partial charge in [-0.1, -0.05) is 42.5 Å². The highest BCUT2D eigenvalue weighted by atomic mass is 19.4. The number of aliphatic hydroxyl groups is 1. The zero-order chi connectivity index (χ0) is 38.9. The summed E-state index contributed by atoms with van der Waals surface area (Å²) < 4.78 is 76.1. The number of rotatable bonds is 11. The lowest BCUT2D eigenvalue weighted by atomic mass is 9.94. The number of likely N-dealkylation sites (tertiary alicyclic amines) is 2. The zero-order valence-electron chi connectivity index (χ0n) is 30.2. The first-order chi connectivity index (χ1) is 26.4. The van der Waals surface area contributed by atoms with Gasteiger partial charge >= 0.3 is 6.18 Å². The molecule has 3 heterocycles. The van der Waals surface area contributed by atoms with E-state index in [1.165, 1.54) is 31.4 Å². The third-order valence-electron chi connectivity index (χ3n) is 10.3. The minimum absolute atomic E-state index is 0.0830. The summed E-state index contributed by atoms with van der Waals surface area (Å²) in [6.45, 7) is 5.24. The number of nitrogens with zero attached hydrogens (tertiary/aromatic N) is 4. The summed E-state index contributed by atoms with van der Waals surface area (Å²) in [7, 11) is 1.39. The molecule has 2 saturated heterocycles. The second-order valence-electron chi connectivity index (χ2n) is 13.9. The third-order valence-corrected chi connectivity index (χ3v) is 10.3. The molecule has 2 aliphatic heterocycles. The molecule has 55 heavy (non-hydrogen) atoms. The van der Waals surface area contributed by atoms with Crippen LogP contribution in [-0.2, 0) is 28.8 Å². The van der Waals surface area contributed by atoms with Gasteiger partial charge in [0.05, 0.1) is 24.3 Å². The van der Waals surface area contributed by atoms with Crippen molar-refractivity contribution in [3.63, 3.8) is 0 Å². The van der Waals surface area contributed by atoms with Gasteiger partial charge < -0.3 is 19.0 Å². The van der Waals surface area contributed by atoms with Crippen LogP contribution >= 0.6 is 0 Å². The Morgan fingerprint density at radius 2 is 1.71 bits per heavy atom. The van der Waals surface area contributed by atoms with Crippen LogP contribution in [0.4, 0.5) is 17.6 Å². The SMILES string of the molecule is COc1cc(/C=C/c2cccc(-c3cccc(-c4nc5cc(CN6CC[C@@H](OC=O)C6)cc(C#N)c5o4)c3C)c2F)c(C(F)(F)F)cc1CN1CC[C@@H](O)C1. The van der Waals surface area contributed by atoms with Crippen LogP contribution in [0.2, 0.25) is 0 Å². The fourth-order valence-corrected chi connectivity index (χ4v) is 7.53. The number of carbonyl (C=O) groups is 1. The Bertz CT molecular complexity index is 2310. The maximum Gasteiger partial charge on any atom is 0.417 e. The number of aromatic nitrogens is 1. The van der Waals surface area contributed by atoms with Crippen molar-refractivity contribution in [1.29, 1.82) is 5.26 Å². The predicted octanol–water partition coefficient (Wildman–Crippen LogP) is 7.99. The average molecular weight is 755 g/mol. The number of methoxy groups -OCH3 is 1. The number of aliphatic hydroxyl groups excluding tert-OH is 1. The Balaban J connectivity index is 1.18. The van der Waals surface area contributed by atoms with Crippen molar-refractivity contribution in [3.8, 4) is 34.4 Å². The van der Waals surface area contributed by atoms with E-state index in [1.54, 1.807) is 43.3 Å². The fourth-order valence-electron chi connectivity index (χ4n) is 7.53. The molecule has 0 saturated carbocycles. The average Bonchev–Trinajstić information content (AvgIpc) is 3.91. The maximum atomic E-state index is 16.3. The first-order valence-corrected chi connectivity index (χ1v) is 17.9. The summed E-state index contributed by atoms with van der Waals surface area (Å²) >= 11 is 0. The highest BCUT2D eigenvalue weighted by Crippen LogP contribution is 2.39. The van der Waals surface area contributed by atoms with Gasteiger partial charge in [0.15, 0.2) is 5.58 Å². The molecular formula is C42H38F4N4O5. The largest absolute Gasteiger partial charge is 0.496 e. The Labute approximate surface area is 315 Å². The number of ether oxygens (including phenoxy) is 2. The second kappa shape index (κ2) is 15.7. The van der Waals surface area contributed by atoms with E-state index in [-0.39, 0.29) is 41.0 Å². The number of benzene rings is 4. The highest BCUT2D eigenvalue weighted by Gasteiger charge is 2.34. The van der Waals surface area contributed by atoms with Crippen LogP contribution < -0.4 is 4.74 Å². The van der Waals surface area contributed by atoms with Gasteiger partial charge in [0, 0.05) is 61.5 Å². The molecule has 0 aliphatic carbocycles. The van der Waals surface area contributed by atoms with E-state index < -0.39 is 23.7 Å². The first-order valence-electron chi connectivity index (χ1n) is 17.9. The summed E-state index contributed by atoms with van der Waals surface area (Å²) in [4.78, 5) is 19.5. The quantitative estimate of drug-likeness (QED) is 0.0815. The number of alkyl halides is 3. The molecular weight excluding hydrogens is 716 g/mol. The summed E-state index contributed by atoms with van der Waals surface area (Å²) in [6, 6.07) is 18.2. The van der Waals surface area contributed by atoms with Gasteiger partial charge in [0.2, 0.25) is 5.89 Å². The Morgan fingerprint density at radius 3 is 2.44 bits per heavy atom. The van der Waals surface area contributed by atoms with Crippen LogP contribution in [0.5, 0.6) is 5.75 Å². The molecule has 0 unspecified atom stereocenters. The molecule has 0 amide bonds. The number of carbonyl (C=O) groups excluding carboxylic acids is 1. The van der Waals surface area contributed by atoms with E-state index in [9.17, 15) is 28.3 Å². The van der Waals surface area contributed by atoms with Crippen molar-refractivity contribution < 1.29 is 41.4 Å². The molecule has 5 aromatic rings. The molecule has 4 aromatic carbocycles. The van der Waals surface area contributed by atoms with Gasteiger partial charge in [-0.15, -0.1) is 0 Å². The van der Waals surface area contributed by atoms with E-state index in [0.717, 1.165) is 24.6 Å². The summed E-state index contributed by atoms with van der Waals surface area (Å²) in [5.41, 5.74) is 3.36. The van der Waals surface area contributed by atoms with Crippen LogP contribution in [0.15, 0.2) is 65.1 Å². The number of halogens is 4. The highest BCUT2D eigenvalue weighted by molar-refractivity contribution is 5.85. The van der Waals surface area contributed by atoms with Crippen molar-refractivity contribution >= 4 is 29.7 Å². The van der Waals surface area contributed by atoms with Crippen LogP contribution in [0, 0.1) is 24.1 Å². The van der Waals surface area contributed by atoms with Crippen LogP contribution in [0.25, 0.3) is 45.8 Å². The van der Waals surface area contributed by atoms with Gasteiger partial charge in [-0.3, -0.25) is 14.6 Å². The molecule has 2 aliphatic rings. The van der Waals surface area contributed by atoms with Gasteiger partial charge in [0.25, 0.3) is 6.47 Å². The van der Waals surface area contributed by atoms with Gasteiger partial charge in [-0.2, -0.15) is 18.4 Å². The monoisotopic (exact) mass is 754 g/mol. The standard InChI is InChI=1S/C42H38F4N4O5/c1-25-33(6-4-7-34(25)41-48-37-16-26(15-29(19-47)40(37)55-41)20-49-14-12-32(23-49)54-24-51)35-8-3-5-27(39(35)43)9-10-28-18-38(53-2)30(17-36(28)42(44,45)46)21-50-13-11-31(52)22-50/h3-10,15-18,24,31-32,52H,11-14,20-23H2,1-2H3/b10-9+/t31-,32-/m1/s1. The van der Waals surface area contributed by atoms with E-state index in [4.69, 9.17) is 18.9 Å². The fraction of sp³-hybridized carbons (Fsp3) is 0.310. The molecule has 2 fully saturated rings. The maximum absolute atomic E-state index is 16.3. The topological polar surface area (TPSA) is 112 Å². The third kappa shape index (κ3) is 7.98. The van der Waals surface area contributed by atoms with Crippen molar-refractivity contribution in [2.24, 2.45) is 0 Å². The Kier molecular flexibility index (Phi) is 10.8. The number of hydrogen-bond acceptors (Lipinski definition) is 9. The Morgan fingerprint density at radius 1 is 0.982 bits per heavy atom. The second-order valence-corrected chi connectivity index (χ2v) is 13.9. The molecule has 1 aromatic heterocycles. The minimum Gasteiger partial charge on any atom is -0.496 e. The lowest BCUT2D eigenvalue weighted by molar-refractivity contribution is -0.138. The van der Waals surface area contributed by atoms with Crippen molar-refractivity contribution in [2.75, 3.05) is 33.3 Å². The molecule has 9 nitrogen and oxygen atoms in total. The van der Waals surface area contributed by atoms with Gasteiger partial charge in [-0.05, 0) is 72.4 Å². The summed E-state index contributed by atoms with van der Waals surface area (Å²) in [5, 5.41) is 19.9. The molecule has 1 N–H and O–H groups in total. The molecule has 284 valence electrons. The smallest absolute Gasteiger partial charge is 0.417 e. The molecule has 0 bridgehead atoms. The van der Waals surface area contributed by atoms with E-state index >= 15 is 4.39 Å². The lowest BCUT2D eigenvalue weighted by Gasteiger charge is -2.20. The molecule has 0 radical (unpaired) electrons. The molecule has 13 heteroatoms. The van der Waals surface area contributed by atoms with Gasteiger partial charge in [0.1, 0.15) is 29.3 Å². The van der Waals surface area contributed by atoms with Gasteiger partial charge in [-0.25, -0.2) is 9.37 Å². The zero-order valence-corrected chi connectivity index (χ0v) is 30.2. The predicted molar refractivity (Wildman–Crippen MR) is 198 cm³/mol. The van der Waals surface area contributed by atoms with E-state index in [0.29, 0.717) is 78.0 Å². The number of hydrogen-bond donors (Lipinski definition) is 1. The summed E-state index contributed by atoms with van der Waals surface area (Å²) in [6.07, 6.45) is -1.55.